The summed E-state index contributed by atoms with van der Waals surface area (Å²) < 4.78 is 25.3. The van der Waals surface area contributed by atoms with Gasteiger partial charge in [-0.1, -0.05) is 36.8 Å². The fourth-order valence-corrected chi connectivity index (χ4v) is 5.33. The van der Waals surface area contributed by atoms with E-state index in [0.29, 0.717) is 12.1 Å². The monoisotopic (exact) mass is 429 g/mol. The van der Waals surface area contributed by atoms with Gasteiger partial charge in [-0.3, -0.25) is 9.59 Å². The van der Waals surface area contributed by atoms with Crippen LogP contribution in [0.3, 0.4) is 0 Å². The molecule has 3 rings (SSSR count). The third-order valence-corrected chi connectivity index (χ3v) is 7.13. The Balaban J connectivity index is 1.70. The topological polar surface area (TPSA) is 86.8 Å². The molecule has 0 aromatic heterocycles. The number of nitrogens with zero attached hydrogens (tertiary/aromatic N) is 2. The summed E-state index contributed by atoms with van der Waals surface area (Å²) in [5, 5.41) is 2.94. The van der Waals surface area contributed by atoms with E-state index in [0.717, 1.165) is 9.87 Å². The van der Waals surface area contributed by atoms with Crippen molar-refractivity contribution in [1.82, 2.24) is 10.2 Å². The number of benzene rings is 2. The Labute approximate surface area is 177 Å². The number of anilines is 1. The van der Waals surface area contributed by atoms with Crippen molar-refractivity contribution in [2.75, 3.05) is 30.7 Å². The fraction of sp³-hybridized carbons (Fsp3) is 0.364. The van der Waals surface area contributed by atoms with Crippen LogP contribution < -0.4 is 9.62 Å². The van der Waals surface area contributed by atoms with Crippen molar-refractivity contribution in [2.45, 2.75) is 19.9 Å². The van der Waals surface area contributed by atoms with Crippen molar-refractivity contribution in [3.63, 3.8) is 0 Å². The molecule has 0 saturated carbocycles. The zero-order valence-corrected chi connectivity index (χ0v) is 18.4. The second-order valence-electron chi connectivity index (χ2n) is 7.93. The molecule has 2 aromatic rings. The van der Waals surface area contributed by atoms with Crippen LogP contribution in [0.25, 0.3) is 0 Å². The normalized spacial score (nSPS) is 19.2. The summed E-state index contributed by atoms with van der Waals surface area (Å²) in [5.74, 6) is -1.47. The maximum atomic E-state index is 12.6. The molecule has 1 saturated heterocycles. The number of hydrogen-bond donors (Lipinski definition) is 1. The van der Waals surface area contributed by atoms with Gasteiger partial charge in [0.15, 0.2) is 0 Å². The highest BCUT2D eigenvalue weighted by Gasteiger charge is 2.41. The molecule has 1 aliphatic rings. The lowest BCUT2D eigenvalue weighted by molar-refractivity contribution is -0.119. The maximum absolute atomic E-state index is 12.6. The molecule has 0 spiro atoms. The van der Waals surface area contributed by atoms with E-state index in [4.69, 9.17) is 0 Å². The smallest absolute Gasteiger partial charge is 0.251 e. The number of likely N-dealkylation sites (N-methyl/N-ethyl adjacent to an activating group) is 1. The quantitative estimate of drug-likeness (QED) is 0.762. The van der Waals surface area contributed by atoms with E-state index in [1.54, 1.807) is 6.92 Å². The minimum absolute atomic E-state index is 0.0164. The van der Waals surface area contributed by atoms with Gasteiger partial charge in [0.25, 0.3) is 5.91 Å². The van der Waals surface area contributed by atoms with Crippen LogP contribution in [0.5, 0.6) is 0 Å². The third-order valence-electron chi connectivity index (χ3n) is 5.27. The molecule has 2 amide bonds. The maximum Gasteiger partial charge on any atom is 0.251 e. The van der Waals surface area contributed by atoms with Gasteiger partial charge in [0.1, 0.15) is 0 Å². The molecule has 0 aliphatic carbocycles. The Morgan fingerprint density at radius 1 is 1.13 bits per heavy atom. The molecule has 0 bridgehead atoms. The summed E-state index contributed by atoms with van der Waals surface area (Å²) in [6.07, 6.45) is 0. The Hall–Kier alpha value is -2.71. The molecule has 30 heavy (non-hydrogen) atoms. The minimum atomic E-state index is -3.66. The Morgan fingerprint density at radius 2 is 1.73 bits per heavy atom. The molecule has 160 valence electrons. The first-order valence-corrected chi connectivity index (χ1v) is 11.4. The first-order valence-electron chi connectivity index (χ1n) is 9.78. The van der Waals surface area contributed by atoms with Crippen LogP contribution in [0.1, 0.15) is 34.5 Å². The molecule has 2 aromatic carbocycles. The predicted molar refractivity (Wildman–Crippen MR) is 117 cm³/mol. The van der Waals surface area contributed by atoms with E-state index < -0.39 is 21.8 Å². The van der Waals surface area contributed by atoms with Gasteiger partial charge in [-0.25, -0.2) is 12.7 Å². The van der Waals surface area contributed by atoms with Crippen LogP contribution in [0.4, 0.5) is 5.69 Å². The van der Waals surface area contributed by atoms with Crippen molar-refractivity contribution in [3.8, 4) is 0 Å². The molecule has 0 radical (unpaired) electrons. The number of amides is 2. The van der Waals surface area contributed by atoms with E-state index >= 15 is 0 Å². The third kappa shape index (κ3) is 4.55. The Morgan fingerprint density at radius 3 is 2.23 bits per heavy atom. The molecule has 7 nitrogen and oxygen atoms in total. The van der Waals surface area contributed by atoms with Gasteiger partial charge in [-0.15, -0.1) is 0 Å². The van der Waals surface area contributed by atoms with Gasteiger partial charge in [0, 0.05) is 12.1 Å². The van der Waals surface area contributed by atoms with E-state index in [-0.39, 0.29) is 23.4 Å². The lowest BCUT2D eigenvalue weighted by Gasteiger charge is -2.25. The van der Waals surface area contributed by atoms with Crippen LogP contribution in [-0.4, -0.2) is 51.5 Å². The Bertz CT molecular complexity index is 1030. The van der Waals surface area contributed by atoms with Crippen molar-refractivity contribution < 1.29 is 18.0 Å². The summed E-state index contributed by atoms with van der Waals surface area (Å²) in [4.78, 5) is 26.8. The zero-order valence-electron chi connectivity index (χ0n) is 17.6. The highest BCUT2D eigenvalue weighted by atomic mass is 32.2. The number of hydrogen-bond acceptors (Lipinski definition) is 5. The number of carbonyl (C=O) groups excluding carboxylic acids is 2. The number of sulfonamides is 1. The summed E-state index contributed by atoms with van der Waals surface area (Å²) in [5.41, 5.74) is 2.94. The largest absolute Gasteiger partial charge is 0.350 e. The SMILES string of the molecule is Cc1ccc(C(CNC(=O)c2ccc(N3C(=O)C(C)CS3(=O)=O)cc2)N(C)C)cc1. The fourth-order valence-electron chi connectivity index (χ4n) is 3.51. The summed E-state index contributed by atoms with van der Waals surface area (Å²) in [7, 11) is 0.258. The lowest BCUT2D eigenvalue weighted by Crippen LogP contribution is -2.34. The van der Waals surface area contributed by atoms with Crippen LogP contribution in [0.15, 0.2) is 48.5 Å². The molecule has 8 heteroatoms. The minimum Gasteiger partial charge on any atom is -0.350 e. The zero-order chi connectivity index (χ0) is 22.1. The molecule has 2 atom stereocenters. The van der Waals surface area contributed by atoms with Gasteiger partial charge in [0.2, 0.25) is 15.9 Å². The number of rotatable bonds is 6. The predicted octanol–water partition coefficient (Wildman–Crippen LogP) is 2.34. The molecule has 2 unspecified atom stereocenters. The van der Waals surface area contributed by atoms with Gasteiger partial charge in [0.05, 0.1) is 23.4 Å². The number of nitrogens with one attached hydrogen (secondary N) is 1. The molecular formula is C22H27N3O4S. The average molecular weight is 430 g/mol. The van der Waals surface area contributed by atoms with Crippen LogP contribution in [0.2, 0.25) is 0 Å². The molecule has 1 aliphatic heterocycles. The molecule has 1 N–H and O–H groups in total. The van der Waals surface area contributed by atoms with Gasteiger partial charge in [-0.2, -0.15) is 0 Å². The van der Waals surface area contributed by atoms with E-state index in [9.17, 15) is 18.0 Å². The summed E-state index contributed by atoms with van der Waals surface area (Å²) in [6, 6.07) is 14.3. The van der Waals surface area contributed by atoms with Crippen molar-refractivity contribution >= 4 is 27.5 Å². The summed E-state index contributed by atoms with van der Waals surface area (Å²) >= 11 is 0. The lowest BCUT2D eigenvalue weighted by atomic mass is 10.0. The van der Waals surface area contributed by atoms with Crippen LogP contribution >= 0.6 is 0 Å². The van der Waals surface area contributed by atoms with Crippen LogP contribution in [-0.2, 0) is 14.8 Å². The van der Waals surface area contributed by atoms with E-state index in [2.05, 4.69) is 17.4 Å². The standard InChI is InChI=1S/C22H27N3O4S/c1-15-5-7-17(8-6-15)20(24(3)4)13-23-21(26)18-9-11-19(12-10-18)25-22(27)16(2)14-30(25,28)29/h5-12,16,20H,13-14H2,1-4H3,(H,23,26). The van der Waals surface area contributed by atoms with Gasteiger partial charge in [-0.05, 0) is 50.8 Å². The first-order chi connectivity index (χ1) is 14.1. The van der Waals surface area contributed by atoms with Crippen molar-refractivity contribution in [3.05, 3.63) is 65.2 Å². The first kappa shape index (κ1) is 22.0. The van der Waals surface area contributed by atoms with Crippen LogP contribution in [0, 0.1) is 12.8 Å². The summed E-state index contributed by atoms with van der Waals surface area (Å²) in [6.45, 7) is 4.05. The molecule has 1 fully saturated rings. The highest BCUT2D eigenvalue weighted by molar-refractivity contribution is 7.94. The van der Waals surface area contributed by atoms with E-state index in [1.807, 2.05) is 38.1 Å². The van der Waals surface area contributed by atoms with E-state index in [1.165, 1.54) is 29.8 Å². The number of carbonyl (C=O) groups is 2. The molecule has 1 heterocycles. The van der Waals surface area contributed by atoms with Crippen molar-refractivity contribution in [2.24, 2.45) is 5.92 Å². The van der Waals surface area contributed by atoms with Gasteiger partial charge >= 0.3 is 0 Å². The van der Waals surface area contributed by atoms with Gasteiger partial charge < -0.3 is 10.2 Å². The molecular weight excluding hydrogens is 402 g/mol. The highest BCUT2D eigenvalue weighted by Crippen LogP contribution is 2.28. The Kier molecular flexibility index (Phi) is 6.28. The second kappa shape index (κ2) is 8.57. The van der Waals surface area contributed by atoms with Crippen molar-refractivity contribution in [1.29, 1.82) is 0 Å². The second-order valence-corrected chi connectivity index (χ2v) is 9.79. The average Bonchev–Trinajstić information content (AvgIpc) is 2.89. The number of aryl methyl sites for hydroxylation is 1.